The smallest absolute Gasteiger partial charge is 0.243 e. The molecule has 1 N–H and O–H groups in total. The normalized spacial score (nSPS) is 12.3. The van der Waals surface area contributed by atoms with Crippen molar-refractivity contribution in [3.05, 3.63) is 59.2 Å². The van der Waals surface area contributed by atoms with E-state index in [0.29, 0.717) is 18.7 Å². The molecule has 1 amide bonds. The molecule has 0 heterocycles. The molecule has 0 saturated carbocycles. The zero-order chi connectivity index (χ0) is 22.3. The highest BCUT2D eigenvalue weighted by Crippen LogP contribution is 2.25. The number of nitrogens with zero attached hydrogens (tertiary/aromatic N) is 1. The summed E-state index contributed by atoms with van der Waals surface area (Å²) in [4.78, 5) is 12.9. The summed E-state index contributed by atoms with van der Waals surface area (Å²) in [6.45, 7) is 6.17. The van der Waals surface area contributed by atoms with Crippen LogP contribution in [-0.4, -0.2) is 40.3 Å². The topological polar surface area (TPSA) is 75.7 Å². The Morgan fingerprint density at radius 3 is 2.43 bits per heavy atom. The molecule has 2 aromatic rings. The van der Waals surface area contributed by atoms with Gasteiger partial charge in [-0.25, -0.2) is 8.42 Å². The molecular weight excluding hydrogens is 400 g/mol. The third-order valence-electron chi connectivity index (χ3n) is 5.19. The average molecular weight is 433 g/mol. The van der Waals surface area contributed by atoms with Crippen molar-refractivity contribution in [2.75, 3.05) is 24.2 Å². The molecule has 0 fully saturated rings. The standard InChI is InChI=1S/C23H32N2O4S/c1-6-21(25(30(5,27)28)20-14-13-17(2)18(3)16-20)23(26)24-15-9-11-19-10-7-8-12-22(19)29-4/h7-8,10,12-14,16,21H,6,9,11,15H2,1-5H3,(H,24,26)/t21-/m1/s1. The predicted octanol–water partition coefficient (Wildman–Crippen LogP) is 3.61. The molecule has 0 aliphatic carbocycles. The number of carbonyl (C=O) groups is 1. The SMILES string of the molecule is CC[C@H](C(=O)NCCCc1ccccc1OC)N(c1ccc(C)c(C)c1)S(C)(=O)=O. The Labute approximate surface area is 180 Å². The lowest BCUT2D eigenvalue weighted by Gasteiger charge is -2.30. The molecule has 0 unspecified atom stereocenters. The van der Waals surface area contributed by atoms with Crippen molar-refractivity contribution in [2.45, 2.75) is 46.1 Å². The van der Waals surface area contributed by atoms with E-state index in [2.05, 4.69) is 5.32 Å². The van der Waals surface area contributed by atoms with Crippen molar-refractivity contribution in [1.29, 1.82) is 0 Å². The van der Waals surface area contributed by atoms with Gasteiger partial charge in [0, 0.05) is 6.54 Å². The van der Waals surface area contributed by atoms with Crippen LogP contribution in [0.1, 0.15) is 36.5 Å². The largest absolute Gasteiger partial charge is 0.496 e. The van der Waals surface area contributed by atoms with Gasteiger partial charge in [0.25, 0.3) is 0 Å². The van der Waals surface area contributed by atoms with Crippen LogP contribution in [0, 0.1) is 13.8 Å². The summed E-state index contributed by atoms with van der Waals surface area (Å²) in [5.41, 5.74) is 3.64. The van der Waals surface area contributed by atoms with Gasteiger partial charge < -0.3 is 10.1 Å². The van der Waals surface area contributed by atoms with Crippen molar-refractivity contribution < 1.29 is 17.9 Å². The number of hydrogen-bond donors (Lipinski definition) is 1. The summed E-state index contributed by atoms with van der Waals surface area (Å²) in [6, 6.07) is 12.4. The minimum absolute atomic E-state index is 0.291. The maximum absolute atomic E-state index is 12.9. The van der Waals surface area contributed by atoms with Gasteiger partial charge in [0.2, 0.25) is 15.9 Å². The van der Waals surface area contributed by atoms with Crippen molar-refractivity contribution in [3.8, 4) is 5.75 Å². The van der Waals surface area contributed by atoms with Crippen LogP contribution >= 0.6 is 0 Å². The van der Waals surface area contributed by atoms with Crippen LogP contribution in [0.25, 0.3) is 0 Å². The number of anilines is 1. The van der Waals surface area contributed by atoms with Crippen molar-refractivity contribution in [2.24, 2.45) is 0 Å². The number of hydrogen-bond acceptors (Lipinski definition) is 4. The zero-order valence-electron chi connectivity index (χ0n) is 18.4. The lowest BCUT2D eigenvalue weighted by molar-refractivity contribution is -0.122. The fourth-order valence-corrected chi connectivity index (χ4v) is 4.64. The maximum atomic E-state index is 12.9. The Morgan fingerprint density at radius 1 is 1.13 bits per heavy atom. The quantitative estimate of drug-likeness (QED) is 0.582. The van der Waals surface area contributed by atoms with Gasteiger partial charge in [-0.15, -0.1) is 0 Å². The number of amides is 1. The van der Waals surface area contributed by atoms with Crippen molar-refractivity contribution in [1.82, 2.24) is 5.32 Å². The number of benzene rings is 2. The first kappa shape index (κ1) is 23.7. The Kier molecular flexibility index (Phi) is 8.29. The van der Waals surface area contributed by atoms with E-state index in [9.17, 15) is 13.2 Å². The molecule has 0 saturated heterocycles. The second-order valence-electron chi connectivity index (χ2n) is 7.46. The zero-order valence-corrected chi connectivity index (χ0v) is 19.3. The summed E-state index contributed by atoms with van der Waals surface area (Å²) < 4.78 is 31.7. The summed E-state index contributed by atoms with van der Waals surface area (Å²) in [7, 11) is -1.99. The van der Waals surface area contributed by atoms with E-state index < -0.39 is 16.1 Å². The second-order valence-corrected chi connectivity index (χ2v) is 9.32. The molecule has 0 aromatic heterocycles. The molecule has 0 radical (unpaired) electrons. The molecule has 30 heavy (non-hydrogen) atoms. The summed E-state index contributed by atoms with van der Waals surface area (Å²) in [5.74, 6) is 0.537. The third-order valence-corrected chi connectivity index (χ3v) is 6.37. The number of ether oxygens (including phenoxy) is 1. The van der Waals surface area contributed by atoms with Gasteiger partial charge in [0.15, 0.2) is 0 Å². The molecule has 0 aliphatic heterocycles. The molecule has 2 rings (SSSR count). The molecule has 0 aliphatic rings. The molecule has 1 atom stereocenters. The van der Waals surface area contributed by atoms with E-state index in [1.54, 1.807) is 13.2 Å². The minimum Gasteiger partial charge on any atom is -0.496 e. The molecule has 0 spiro atoms. The van der Waals surface area contributed by atoms with Crippen LogP contribution in [0.15, 0.2) is 42.5 Å². The molecule has 2 aromatic carbocycles. The molecular formula is C23H32N2O4S. The average Bonchev–Trinajstić information content (AvgIpc) is 2.70. The first-order valence-corrected chi connectivity index (χ1v) is 12.0. The minimum atomic E-state index is -3.63. The van der Waals surface area contributed by atoms with Crippen molar-refractivity contribution in [3.63, 3.8) is 0 Å². The van der Waals surface area contributed by atoms with Crippen LogP contribution < -0.4 is 14.4 Å². The first-order valence-electron chi connectivity index (χ1n) is 10.1. The fourth-order valence-electron chi connectivity index (χ4n) is 3.44. The van der Waals surface area contributed by atoms with Gasteiger partial charge in [0.05, 0.1) is 19.1 Å². The van der Waals surface area contributed by atoms with Crippen LogP contribution in [0.5, 0.6) is 5.75 Å². The molecule has 164 valence electrons. The summed E-state index contributed by atoms with van der Waals surface area (Å²) in [6.07, 6.45) is 3.00. The Morgan fingerprint density at radius 2 is 1.83 bits per heavy atom. The van der Waals surface area contributed by atoms with E-state index in [0.717, 1.165) is 41.5 Å². The first-order chi connectivity index (χ1) is 14.2. The van der Waals surface area contributed by atoms with Gasteiger partial charge in [-0.1, -0.05) is 31.2 Å². The van der Waals surface area contributed by atoms with Gasteiger partial charge in [-0.3, -0.25) is 9.10 Å². The van der Waals surface area contributed by atoms with E-state index >= 15 is 0 Å². The number of aryl methyl sites for hydroxylation is 3. The predicted molar refractivity (Wildman–Crippen MR) is 122 cm³/mol. The highest BCUT2D eigenvalue weighted by Gasteiger charge is 2.31. The second kappa shape index (κ2) is 10.5. The number of sulfonamides is 1. The van der Waals surface area contributed by atoms with Gasteiger partial charge in [0.1, 0.15) is 11.8 Å². The van der Waals surface area contributed by atoms with Gasteiger partial charge in [-0.05, 0) is 68.0 Å². The number of carbonyl (C=O) groups excluding carboxylic acids is 1. The van der Waals surface area contributed by atoms with Crippen LogP contribution in [0.2, 0.25) is 0 Å². The summed E-state index contributed by atoms with van der Waals surface area (Å²) >= 11 is 0. The Balaban J connectivity index is 2.09. The Hall–Kier alpha value is -2.54. The molecule has 7 heteroatoms. The van der Waals surface area contributed by atoms with Crippen LogP contribution in [0.4, 0.5) is 5.69 Å². The maximum Gasteiger partial charge on any atom is 0.243 e. The van der Waals surface area contributed by atoms with E-state index in [4.69, 9.17) is 4.74 Å². The number of nitrogens with one attached hydrogen (secondary N) is 1. The van der Waals surface area contributed by atoms with Crippen LogP contribution in [0.3, 0.4) is 0 Å². The van der Waals surface area contributed by atoms with Gasteiger partial charge >= 0.3 is 0 Å². The van der Waals surface area contributed by atoms with E-state index in [1.807, 2.05) is 57.2 Å². The lowest BCUT2D eigenvalue weighted by Crippen LogP contribution is -2.49. The third kappa shape index (κ3) is 5.98. The molecule has 0 bridgehead atoms. The van der Waals surface area contributed by atoms with E-state index in [-0.39, 0.29) is 5.91 Å². The lowest BCUT2D eigenvalue weighted by atomic mass is 10.1. The summed E-state index contributed by atoms with van der Waals surface area (Å²) in [5, 5.41) is 2.90. The monoisotopic (exact) mass is 432 g/mol. The Bertz CT molecular complexity index is 973. The van der Waals surface area contributed by atoms with E-state index in [1.165, 1.54) is 4.31 Å². The van der Waals surface area contributed by atoms with Crippen molar-refractivity contribution >= 4 is 21.6 Å². The number of methoxy groups -OCH3 is 1. The number of para-hydroxylation sites is 1. The highest BCUT2D eigenvalue weighted by atomic mass is 32.2. The van der Waals surface area contributed by atoms with Gasteiger partial charge in [-0.2, -0.15) is 0 Å². The fraction of sp³-hybridized carbons (Fsp3) is 0.435. The highest BCUT2D eigenvalue weighted by molar-refractivity contribution is 7.92. The number of rotatable bonds is 10. The van der Waals surface area contributed by atoms with Crippen LogP contribution in [-0.2, 0) is 21.2 Å². The molecule has 6 nitrogen and oxygen atoms in total.